The van der Waals surface area contributed by atoms with Crippen LogP contribution in [0.1, 0.15) is 0 Å². The maximum atomic E-state index is 12.6. The Bertz CT molecular complexity index is 824. The quantitative estimate of drug-likeness (QED) is 0.502. The van der Waals surface area contributed by atoms with Crippen molar-refractivity contribution in [3.8, 4) is 11.4 Å². The number of hydrogen-bond donors (Lipinski definition) is 3. The lowest BCUT2D eigenvalue weighted by Crippen LogP contribution is -2.21. The number of benzene rings is 1. The normalized spacial score (nSPS) is 11.1. The van der Waals surface area contributed by atoms with Crippen LogP contribution in [0.15, 0.2) is 46.5 Å². The topological polar surface area (TPSA) is 91.1 Å². The van der Waals surface area contributed by atoms with Gasteiger partial charge in [0, 0.05) is 11.9 Å². The van der Waals surface area contributed by atoms with Crippen LogP contribution in [0, 0.1) is 0 Å². The molecule has 0 atom stereocenters. The van der Waals surface area contributed by atoms with Crippen LogP contribution in [0.4, 0.5) is 0 Å². The monoisotopic (exact) mass is 303 g/mol. The van der Waals surface area contributed by atoms with Gasteiger partial charge in [0.1, 0.15) is 11.3 Å². The van der Waals surface area contributed by atoms with Gasteiger partial charge in [-0.3, -0.25) is 9.36 Å². The van der Waals surface area contributed by atoms with Crippen LogP contribution < -0.4 is 5.56 Å². The Morgan fingerprint density at radius 2 is 2.00 bits per heavy atom. The molecular weight excluding hydrogens is 290 g/mol. The number of aromatic nitrogens is 3. The summed E-state index contributed by atoms with van der Waals surface area (Å²) in [6.45, 7) is 0.00128. The van der Waals surface area contributed by atoms with Crippen molar-refractivity contribution in [1.29, 1.82) is 0 Å². The summed E-state index contributed by atoms with van der Waals surface area (Å²) in [5.74, 6) is 0.575. The molecule has 0 unspecified atom stereocenters. The Balaban J connectivity index is 2.24. The zero-order valence-corrected chi connectivity index (χ0v) is 11.8. The lowest BCUT2D eigenvalue weighted by molar-refractivity contribution is 0.322. The predicted molar refractivity (Wildman–Crippen MR) is 81.2 cm³/mol. The van der Waals surface area contributed by atoms with Crippen LogP contribution in [0.25, 0.3) is 16.7 Å². The Morgan fingerprint density at radius 3 is 2.71 bits per heavy atom. The van der Waals surface area contributed by atoms with Gasteiger partial charge in [-0.1, -0.05) is 11.8 Å². The van der Waals surface area contributed by atoms with Crippen molar-refractivity contribution < 1.29 is 10.2 Å². The molecule has 0 radical (unpaired) electrons. The third-order valence-corrected chi connectivity index (χ3v) is 3.90. The zero-order chi connectivity index (χ0) is 14.8. The summed E-state index contributed by atoms with van der Waals surface area (Å²) in [6, 6.07) is 8.07. The fraction of sp³-hybridized carbons (Fsp3) is 0.143. The molecule has 3 N–H and O–H groups in total. The largest absolute Gasteiger partial charge is 0.508 e. The maximum absolute atomic E-state index is 12.6. The number of hydrogen-bond acceptors (Lipinski definition) is 5. The van der Waals surface area contributed by atoms with Crippen molar-refractivity contribution in [1.82, 2.24) is 14.5 Å². The van der Waals surface area contributed by atoms with Crippen molar-refractivity contribution in [2.24, 2.45) is 0 Å². The number of aliphatic hydroxyl groups excluding tert-OH is 1. The van der Waals surface area contributed by atoms with E-state index in [4.69, 9.17) is 5.11 Å². The lowest BCUT2D eigenvalue weighted by Gasteiger charge is -2.11. The van der Waals surface area contributed by atoms with Gasteiger partial charge in [0.15, 0.2) is 5.16 Å². The summed E-state index contributed by atoms with van der Waals surface area (Å²) >= 11 is 1.30. The summed E-state index contributed by atoms with van der Waals surface area (Å²) in [4.78, 5) is 20.0. The number of nitrogens with one attached hydrogen (secondary N) is 1. The van der Waals surface area contributed by atoms with E-state index in [0.29, 0.717) is 27.6 Å². The highest BCUT2D eigenvalue weighted by Gasteiger charge is 2.13. The number of nitrogens with zero attached hydrogens (tertiary/aromatic N) is 2. The molecule has 3 rings (SSSR count). The van der Waals surface area contributed by atoms with E-state index in [2.05, 4.69) is 9.97 Å². The number of phenols is 1. The Morgan fingerprint density at radius 1 is 1.24 bits per heavy atom. The minimum absolute atomic E-state index is 0.00128. The minimum Gasteiger partial charge on any atom is -0.508 e. The lowest BCUT2D eigenvalue weighted by atomic mass is 10.3. The molecule has 7 heteroatoms. The molecular formula is C14H13N3O3S. The zero-order valence-electron chi connectivity index (χ0n) is 11.0. The molecule has 0 amide bonds. The standard InChI is InChI=1S/C14H13N3O3S/c18-7-8-21-14-16-11-5-6-15-12(11)13(20)17(14)9-1-3-10(19)4-2-9/h1-6,15,18-19H,7-8H2. The summed E-state index contributed by atoms with van der Waals surface area (Å²) in [7, 11) is 0. The third kappa shape index (κ3) is 2.53. The van der Waals surface area contributed by atoms with Crippen molar-refractivity contribution in [2.45, 2.75) is 5.16 Å². The van der Waals surface area contributed by atoms with Crippen molar-refractivity contribution in [3.05, 3.63) is 46.9 Å². The van der Waals surface area contributed by atoms with Gasteiger partial charge in [-0.15, -0.1) is 0 Å². The SMILES string of the molecule is O=c1c2[nH]ccc2nc(SCCO)n1-c1ccc(O)cc1. The van der Waals surface area contributed by atoms with Gasteiger partial charge in [0.25, 0.3) is 5.56 Å². The number of fused-ring (bicyclic) bond motifs is 1. The first-order valence-corrected chi connectivity index (χ1v) is 7.32. The molecule has 0 saturated carbocycles. The number of thioether (sulfide) groups is 1. The van der Waals surface area contributed by atoms with E-state index in [9.17, 15) is 9.90 Å². The molecule has 0 aliphatic heterocycles. The van der Waals surface area contributed by atoms with Crippen molar-refractivity contribution >= 4 is 22.8 Å². The van der Waals surface area contributed by atoms with Crippen molar-refractivity contribution in [2.75, 3.05) is 12.4 Å². The van der Waals surface area contributed by atoms with E-state index < -0.39 is 0 Å². The van der Waals surface area contributed by atoms with Crippen LogP contribution in [0.5, 0.6) is 5.75 Å². The van der Waals surface area contributed by atoms with Gasteiger partial charge in [0.2, 0.25) is 0 Å². The Kier molecular flexibility index (Phi) is 3.68. The number of rotatable bonds is 4. The molecule has 3 aromatic rings. The number of aromatic amines is 1. The van der Waals surface area contributed by atoms with E-state index in [1.165, 1.54) is 28.5 Å². The summed E-state index contributed by atoms with van der Waals surface area (Å²) in [6.07, 6.45) is 1.67. The molecule has 108 valence electrons. The Labute approximate surface area is 124 Å². The molecule has 0 aliphatic rings. The first-order chi connectivity index (χ1) is 10.2. The second-order valence-corrected chi connectivity index (χ2v) is 5.42. The van der Waals surface area contributed by atoms with Crippen LogP contribution in [0.3, 0.4) is 0 Å². The van der Waals surface area contributed by atoms with Gasteiger partial charge >= 0.3 is 0 Å². The smallest absolute Gasteiger partial charge is 0.283 e. The molecule has 2 heterocycles. The van der Waals surface area contributed by atoms with Crippen LogP contribution in [0.2, 0.25) is 0 Å². The maximum Gasteiger partial charge on any atom is 0.283 e. The fourth-order valence-electron chi connectivity index (χ4n) is 2.04. The highest BCUT2D eigenvalue weighted by Crippen LogP contribution is 2.21. The second kappa shape index (κ2) is 5.63. The fourth-order valence-corrected chi connectivity index (χ4v) is 2.79. The van der Waals surface area contributed by atoms with Gasteiger partial charge in [-0.05, 0) is 30.3 Å². The highest BCUT2D eigenvalue weighted by atomic mass is 32.2. The van der Waals surface area contributed by atoms with E-state index in [1.807, 2.05) is 0 Å². The minimum atomic E-state index is -0.212. The van der Waals surface area contributed by atoms with E-state index >= 15 is 0 Å². The van der Waals surface area contributed by atoms with Gasteiger partial charge < -0.3 is 15.2 Å². The predicted octanol–water partition coefficient (Wildman–Crippen LogP) is 1.50. The molecule has 0 saturated heterocycles. The highest BCUT2D eigenvalue weighted by molar-refractivity contribution is 7.99. The van der Waals surface area contributed by atoms with Gasteiger partial charge in [-0.2, -0.15) is 0 Å². The molecule has 0 fully saturated rings. The first-order valence-electron chi connectivity index (χ1n) is 6.34. The van der Waals surface area contributed by atoms with Crippen LogP contribution in [-0.4, -0.2) is 37.1 Å². The van der Waals surface area contributed by atoms with Crippen LogP contribution in [-0.2, 0) is 0 Å². The molecule has 0 aliphatic carbocycles. The number of aliphatic hydroxyl groups is 1. The first kappa shape index (κ1) is 13.7. The molecule has 21 heavy (non-hydrogen) atoms. The summed E-state index contributed by atoms with van der Waals surface area (Å²) < 4.78 is 1.47. The van der Waals surface area contributed by atoms with Gasteiger partial charge in [0.05, 0.1) is 17.8 Å². The third-order valence-electron chi connectivity index (χ3n) is 2.98. The molecule has 2 aromatic heterocycles. The van der Waals surface area contributed by atoms with E-state index in [0.717, 1.165) is 0 Å². The van der Waals surface area contributed by atoms with Gasteiger partial charge in [-0.25, -0.2) is 4.98 Å². The second-order valence-electron chi connectivity index (χ2n) is 4.36. The summed E-state index contributed by atoms with van der Waals surface area (Å²) in [5.41, 5.74) is 1.42. The number of aromatic hydroxyl groups is 1. The van der Waals surface area contributed by atoms with E-state index in [1.54, 1.807) is 24.4 Å². The molecule has 0 bridgehead atoms. The molecule has 0 spiro atoms. The average Bonchev–Trinajstić information content (AvgIpc) is 2.95. The number of phenolic OH excluding ortho intramolecular Hbond substituents is 1. The Hall–Kier alpha value is -2.25. The van der Waals surface area contributed by atoms with Crippen LogP contribution >= 0.6 is 11.8 Å². The summed E-state index contributed by atoms with van der Waals surface area (Å²) in [5, 5.41) is 18.9. The molecule has 1 aromatic carbocycles. The van der Waals surface area contributed by atoms with Crippen molar-refractivity contribution in [3.63, 3.8) is 0 Å². The molecule has 6 nitrogen and oxygen atoms in total. The number of H-pyrrole nitrogens is 1. The average molecular weight is 303 g/mol. The van der Waals surface area contributed by atoms with E-state index in [-0.39, 0.29) is 17.9 Å².